The van der Waals surface area contributed by atoms with Crippen molar-refractivity contribution in [3.05, 3.63) is 45.1 Å². The maximum Gasteiger partial charge on any atom is 0.405 e. The van der Waals surface area contributed by atoms with E-state index in [1.54, 1.807) is 17.4 Å². The van der Waals surface area contributed by atoms with Crippen LogP contribution in [0.2, 0.25) is 0 Å². The van der Waals surface area contributed by atoms with Gasteiger partial charge < -0.3 is 5.32 Å². The Morgan fingerprint density at radius 1 is 1.24 bits per heavy atom. The minimum atomic E-state index is -4.53. The van der Waals surface area contributed by atoms with E-state index < -0.39 is 36.4 Å². The molecular formula is C12H10F3N3O3. The summed E-state index contributed by atoms with van der Waals surface area (Å²) in [6.07, 6.45) is -4.53. The SMILES string of the molecule is O=C(Cn1c(=O)[nH]c(=O)c2ccccc21)NCC(F)(F)F. The topological polar surface area (TPSA) is 84.0 Å². The highest BCUT2D eigenvalue weighted by Gasteiger charge is 2.27. The summed E-state index contributed by atoms with van der Waals surface area (Å²) < 4.78 is 36.9. The number of amides is 1. The number of benzene rings is 1. The van der Waals surface area contributed by atoms with Crippen LogP contribution in [0, 0.1) is 0 Å². The number of fused-ring (bicyclic) bond motifs is 1. The molecule has 0 bridgehead atoms. The number of hydrogen-bond acceptors (Lipinski definition) is 3. The van der Waals surface area contributed by atoms with Crippen molar-refractivity contribution >= 4 is 16.8 Å². The summed E-state index contributed by atoms with van der Waals surface area (Å²) in [4.78, 5) is 36.8. The third-order valence-corrected chi connectivity index (χ3v) is 2.69. The summed E-state index contributed by atoms with van der Waals surface area (Å²) in [5.41, 5.74) is -1.31. The Balaban J connectivity index is 2.33. The van der Waals surface area contributed by atoms with Crippen LogP contribution in [0.1, 0.15) is 0 Å². The molecule has 6 nitrogen and oxygen atoms in total. The first-order chi connectivity index (χ1) is 9.78. The van der Waals surface area contributed by atoms with Crippen molar-refractivity contribution in [2.45, 2.75) is 12.7 Å². The van der Waals surface area contributed by atoms with Gasteiger partial charge in [-0.05, 0) is 12.1 Å². The molecule has 1 heterocycles. The van der Waals surface area contributed by atoms with Gasteiger partial charge in [-0.25, -0.2) is 4.79 Å². The van der Waals surface area contributed by atoms with Gasteiger partial charge in [-0.2, -0.15) is 13.2 Å². The summed E-state index contributed by atoms with van der Waals surface area (Å²) in [7, 11) is 0. The Hall–Kier alpha value is -2.58. The van der Waals surface area contributed by atoms with Crippen LogP contribution in [0.3, 0.4) is 0 Å². The zero-order chi connectivity index (χ0) is 15.6. The van der Waals surface area contributed by atoms with Gasteiger partial charge in [0, 0.05) is 0 Å². The number of halogens is 3. The molecule has 2 aromatic rings. The molecule has 1 aromatic heterocycles. The Kier molecular flexibility index (Phi) is 3.83. The lowest BCUT2D eigenvalue weighted by atomic mass is 10.2. The fourth-order valence-electron chi connectivity index (χ4n) is 1.80. The molecule has 21 heavy (non-hydrogen) atoms. The highest BCUT2D eigenvalue weighted by atomic mass is 19.4. The fourth-order valence-corrected chi connectivity index (χ4v) is 1.80. The zero-order valence-electron chi connectivity index (χ0n) is 10.5. The molecule has 0 atom stereocenters. The van der Waals surface area contributed by atoms with Crippen molar-refractivity contribution < 1.29 is 18.0 Å². The van der Waals surface area contributed by atoms with Crippen LogP contribution in [0.25, 0.3) is 10.9 Å². The minimum Gasteiger partial charge on any atom is -0.345 e. The molecule has 1 amide bonds. The maximum absolute atomic E-state index is 12.0. The second-order valence-electron chi connectivity index (χ2n) is 4.25. The molecule has 0 unspecified atom stereocenters. The maximum atomic E-state index is 12.0. The van der Waals surface area contributed by atoms with Gasteiger partial charge >= 0.3 is 11.9 Å². The Bertz CT molecular complexity index is 792. The zero-order valence-corrected chi connectivity index (χ0v) is 10.5. The van der Waals surface area contributed by atoms with Crippen LogP contribution in [-0.4, -0.2) is 28.2 Å². The minimum absolute atomic E-state index is 0.167. The molecule has 0 aliphatic heterocycles. The third-order valence-electron chi connectivity index (χ3n) is 2.69. The lowest BCUT2D eigenvalue weighted by Gasteiger charge is -2.11. The van der Waals surface area contributed by atoms with Gasteiger partial charge in [0.25, 0.3) is 5.56 Å². The van der Waals surface area contributed by atoms with Crippen molar-refractivity contribution in [2.75, 3.05) is 6.54 Å². The highest BCUT2D eigenvalue weighted by molar-refractivity contribution is 5.81. The summed E-state index contributed by atoms with van der Waals surface area (Å²) in [5, 5.41) is 1.83. The first-order valence-corrected chi connectivity index (χ1v) is 5.83. The number of para-hydroxylation sites is 1. The second kappa shape index (κ2) is 5.43. The number of aromatic nitrogens is 2. The van der Waals surface area contributed by atoms with E-state index in [0.717, 1.165) is 4.57 Å². The summed E-state index contributed by atoms with van der Waals surface area (Å²) in [5.74, 6) is -0.980. The van der Waals surface area contributed by atoms with E-state index in [1.165, 1.54) is 12.1 Å². The number of carbonyl (C=O) groups is 1. The molecule has 0 saturated heterocycles. The number of H-pyrrole nitrogens is 1. The van der Waals surface area contributed by atoms with Crippen LogP contribution >= 0.6 is 0 Å². The average molecular weight is 301 g/mol. The van der Waals surface area contributed by atoms with E-state index in [-0.39, 0.29) is 10.9 Å². The van der Waals surface area contributed by atoms with Gasteiger partial charge in [-0.15, -0.1) is 0 Å². The van der Waals surface area contributed by atoms with Crippen LogP contribution in [0.5, 0.6) is 0 Å². The predicted octanol–water partition coefficient (Wildman–Crippen LogP) is 0.368. The molecule has 1 aromatic carbocycles. The first kappa shape index (κ1) is 14.8. The second-order valence-corrected chi connectivity index (χ2v) is 4.25. The van der Waals surface area contributed by atoms with E-state index in [1.807, 2.05) is 4.98 Å². The van der Waals surface area contributed by atoms with E-state index >= 15 is 0 Å². The largest absolute Gasteiger partial charge is 0.405 e. The Morgan fingerprint density at radius 2 is 1.90 bits per heavy atom. The number of nitrogens with one attached hydrogen (secondary N) is 2. The van der Waals surface area contributed by atoms with Crippen molar-refractivity contribution in [1.82, 2.24) is 14.9 Å². The summed E-state index contributed by atoms with van der Waals surface area (Å²) in [6, 6.07) is 5.99. The average Bonchev–Trinajstić information content (AvgIpc) is 2.40. The van der Waals surface area contributed by atoms with E-state index in [4.69, 9.17) is 0 Å². The van der Waals surface area contributed by atoms with Gasteiger partial charge in [0.2, 0.25) is 5.91 Å². The quantitative estimate of drug-likeness (QED) is 0.859. The number of alkyl halides is 3. The van der Waals surface area contributed by atoms with Crippen LogP contribution in [0.15, 0.2) is 33.9 Å². The molecule has 2 N–H and O–H groups in total. The highest BCUT2D eigenvalue weighted by Crippen LogP contribution is 2.12. The Labute approximate surface area is 115 Å². The van der Waals surface area contributed by atoms with E-state index in [0.29, 0.717) is 0 Å². The predicted molar refractivity (Wildman–Crippen MR) is 67.9 cm³/mol. The standard InChI is InChI=1S/C12H10F3N3O3/c13-12(14,15)6-16-9(19)5-18-8-4-2-1-3-7(8)10(20)17-11(18)21/h1-4H,5-6H2,(H,16,19)(H,17,20,21). The normalized spacial score (nSPS) is 11.6. The van der Waals surface area contributed by atoms with Crippen molar-refractivity contribution in [3.63, 3.8) is 0 Å². The van der Waals surface area contributed by atoms with Gasteiger partial charge in [-0.1, -0.05) is 12.1 Å². The number of carbonyl (C=O) groups excluding carboxylic acids is 1. The summed E-state index contributed by atoms with van der Waals surface area (Å²) >= 11 is 0. The molecule has 112 valence electrons. The molecule has 0 aliphatic carbocycles. The molecule has 9 heteroatoms. The fraction of sp³-hybridized carbons (Fsp3) is 0.250. The number of nitrogens with zero attached hydrogens (tertiary/aromatic N) is 1. The lowest BCUT2D eigenvalue weighted by Crippen LogP contribution is -2.39. The molecule has 0 radical (unpaired) electrons. The lowest BCUT2D eigenvalue weighted by molar-refractivity contribution is -0.138. The van der Waals surface area contributed by atoms with Crippen LogP contribution in [0.4, 0.5) is 13.2 Å². The molecule has 0 fully saturated rings. The van der Waals surface area contributed by atoms with Crippen molar-refractivity contribution in [3.8, 4) is 0 Å². The first-order valence-electron chi connectivity index (χ1n) is 5.83. The molecule has 2 rings (SSSR count). The van der Waals surface area contributed by atoms with Gasteiger partial charge in [-0.3, -0.25) is 19.1 Å². The number of rotatable bonds is 3. The number of hydrogen-bond donors (Lipinski definition) is 2. The van der Waals surface area contributed by atoms with E-state index in [9.17, 15) is 27.6 Å². The smallest absolute Gasteiger partial charge is 0.345 e. The molecule has 0 spiro atoms. The van der Waals surface area contributed by atoms with Crippen molar-refractivity contribution in [1.29, 1.82) is 0 Å². The molecule has 0 aliphatic rings. The Morgan fingerprint density at radius 3 is 2.57 bits per heavy atom. The molecule has 0 saturated carbocycles. The molecular weight excluding hydrogens is 291 g/mol. The third kappa shape index (κ3) is 3.50. The monoisotopic (exact) mass is 301 g/mol. The van der Waals surface area contributed by atoms with Crippen LogP contribution < -0.4 is 16.6 Å². The van der Waals surface area contributed by atoms with Gasteiger partial charge in [0.1, 0.15) is 13.1 Å². The van der Waals surface area contributed by atoms with Gasteiger partial charge in [0.05, 0.1) is 10.9 Å². The summed E-state index contributed by atoms with van der Waals surface area (Å²) in [6.45, 7) is -2.10. The number of aromatic amines is 1. The van der Waals surface area contributed by atoms with Crippen molar-refractivity contribution in [2.24, 2.45) is 0 Å². The van der Waals surface area contributed by atoms with Crippen LogP contribution in [-0.2, 0) is 11.3 Å². The van der Waals surface area contributed by atoms with Gasteiger partial charge in [0.15, 0.2) is 0 Å². The van der Waals surface area contributed by atoms with E-state index in [2.05, 4.69) is 0 Å².